The van der Waals surface area contributed by atoms with Crippen molar-refractivity contribution < 1.29 is 18.7 Å². The highest BCUT2D eigenvalue weighted by Gasteiger charge is 2.28. The second kappa shape index (κ2) is 8.89. The van der Waals surface area contributed by atoms with Crippen molar-refractivity contribution in [2.24, 2.45) is 5.41 Å². The Hall–Kier alpha value is -3.74. The number of rotatable bonds is 7. The molecular weight excluding hydrogens is 430 g/mol. The second-order valence-electron chi connectivity index (χ2n) is 10.2. The van der Waals surface area contributed by atoms with Gasteiger partial charge in [0.25, 0.3) is 0 Å². The molecule has 0 fully saturated rings. The predicted octanol–water partition coefficient (Wildman–Crippen LogP) is 6.45. The average molecular weight is 462 g/mol. The molecule has 0 spiro atoms. The van der Waals surface area contributed by atoms with Crippen molar-refractivity contribution in [1.82, 2.24) is 9.38 Å². The maximum absolute atomic E-state index is 12.3. The van der Waals surface area contributed by atoms with Crippen molar-refractivity contribution in [3.8, 4) is 22.8 Å². The van der Waals surface area contributed by atoms with Crippen molar-refractivity contribution >= 4 is 17.4 Å². The van der Waals surface area contributed by atoms with Gasteiger partial charge in [-0.1, -0.05) is 26.8 Å². The summed E-state index contributed by atoms with van der Waals surface area (Å²) >= 11 is 0. The van der Waals surface area contributed by atoms with Crippen LogP contribution in [0.5, 0.6) is 11.5 Å². The third kappa shape index (κ3) is 5.09. The monoisotopic (exact) mass is 461 g/mol. The number of carbonyl (C=O) groups excluding carboxylic acids is 1. The van der Waals surface area contributed by atoms with Gasteiger partial charge < -0.3 is 19.2 Å². The van der Waals surface area contributed by atoms with Crippen LogP contribution in [0.1, 0.15) is 51.6 Å². The number of pyridine rings is 1. The van der Waals surface area contributed by atoms with E-state index in [1.165, 1.54) is 6.26 Å². The molecule has 0 bridgehead atoms. The first-order valence-electron chi connectivity index (χ1n) is 11.3. The van der Waals surface area contributed by atoms with Gasteiger partial charge in [-0.05, 0) is 68.1 Å². The summed E-state index contributed by atoms with van der Waals surface area (Å²) in [6.45, 7) is 11.1. The number of hydrogen-bond donors (Lipinski definition) is 1. The van der Waals surface area contributed by atoms with E-state index in [-0.39, 0.29) is 16.7 Å². The van der Waals surface area contributed by atoms with Crippen LogP contribution in [-0.2, 0) is 0 Å². The highest BCUT2D eigenvalue weighted by molar-refractivity contribution is 5.88. The van der Waals surface area contributed by atoms with E-state index in [1.807, 2.05) is 36.5 Å². The van der Waals surface area contributed by atoms with Gasteiger partial charge in [0.15, 0.2) is 11.5 Å². The van der Waals surface area contributed by atoms with Crippen LogP contribution >= 0.6 is 0 Å². The molecule has 1 N–H and O–H groups in total. The van der Waals surface area contributed by atoms with Gasteiger partial charge in [-0.25, -0.2) is 9.78 Å². The zero-order valence-corrected chi connectivity index (χ0v) is 20.5. The summed E-state index contributed by atoms with van der Waals surface area (Å²) in [6.07, 6.45) is 4.39. The highest BCUT2D eigenvalue weighted by Crippen LogP contribution is 2.38. The van der Waals surface area contributed by atoms with E-state index < -0.39 is 5.97 Å². The minimum absolute atomic E-state index is 0.124. The van der Waals surface area contributed by atoms with Crippen molar-refractivity contribution in [3.05, 3.63) is 66.8 Å². The Labute approximate surface area is 199 Å². The zero-order chi connectivity index (χ0) is 24.5. The van der Waals surface area contributed by atoms with E-state index >= 15 is 0 Å². The van der Waals surface area contributed by atoms with Gasteiger partial charge >= 0.3 is 5.97 Å². The lowest BCUT2D eigenvalue weighted by molar-refractivity contribution is 0.0696. The molecule has 0 saturated heterocycles. The maximum Gasteiger partial charge on any atom is 0.379 e. The van der Waals surface area contributed by atoms with Crippen LogP contribution in [0.4, 0.5) is 5.82 Å². The molecule has 3 heterocycles. The van der Waals surface area contributed by atoms with Gasteiger partial charge in [0.2, 0.25) is 5.76 Å². The lowest BCUT2D eigenvalue weighted by atomic mass is 9.82. The minimum atomic E-state index is -0.588. The molecule has 0 aliphatic heterocycles. The molecule has 4 rings (SSSR count). The lowest BCUT2D eigenvalue weighted by Crippen LogP contribution is -2.36. The molecule has 4 aromatic rings. The van der Waals surface area contributed by atoms with Crippen LogP contribution in [-0.4, -0.2) is 28.0 Å². The lowest BCUT2D eigenvalue weighted by Gasteiger charge is -2.34. The Kier molecular flexibility index (Phi) is 6.13. The molecule has 7 nitrogen and oxygen atoms in total. The summed E-state index contributed by atoms with van der Waals surface area (Å²) in [6, 6.07) is 14.5. The van der Waals surface area contributed by atoms with Gasteiger partial charge in [0.1, 0.15) is 17.2 Å². The topological polar surface area (TPSA) is 78.0 Å². The van der Waals surface area contributed by atoms with Gasteiger partial charge in [-0.3, -0.25) is 4.40 Å². The van der Waals surface area contributed by atoms with Crippen LogP contribution in [0.25, 0.3) is 16.9 Å². The smallest absolute Gasteiger partial charge is 0.379 e. The molecule has 0 radical (unpaired) electrons. The number of benzene rings is 1. The van der Waals surface area contributed by atoms with Crippen molar-refractivity contribution in [3.63, 3.8) is 0 Å². The summed E-state index contributed by atoms with van der Waals surface area (Å²) in [5.41, 5.74) is 2.43. The summed E-state index contributed by atoms with van der Waals surface area (Å²) < 4.78 is 18.2. The standard InChI is InChI=1S/C27H31N3O4/c1-26(2,3)17-27(4,5)29-24-23(28-22-11-7-8-14-30(22)24)18-12-13-19(21(16-18)32-6)34-25(31)20-10-9-15-33-20/h7-16,29H,17H2,1-6H3. The van der Waals surface area contributed by atoms with E-state index in [4.69, 9.17) is 18.9 Å². The number of hydrogen-bond acceptors (Lipinski definition) is 6. The Morgan fingerprint density at radius 3 is 2.53 bits per heavy atom. The van der Waals surface area contributed by atoms with E-state index in [1.54, 1.807) is 25.3 Å². The molecule has 7 heteroatoms. The minimum Gasteiger partial charge on any atom is -0.493 e. The predicted molar refractivity (Wildman–Crippen MR) is 133 cm³/mol. The van der Waals surface area contributed by atoms with Crippen LogP contribution < -0.4 is 14.8 Å². The third-order valence-corrected chi connectivity index (χ3v) is 5.32. The Bertz CT molecular complexity index is 1300. The molecular formula is C27H31N3O4. The highest BCUT2D eigenvalue weighted by atomic mass is 16.6. The summed E-state index contributed by atoms with van der Waals surface area (Å²) in [4.78, 5) is 17.2. The molecule has 0 aliphatic carbocycles. The van der Waals surface area contributed by atoms with Crippen LogP contribution in [0.2, 0.25) is 0 Å². The van der Waals surface area contributed by atoms with Gasteiger partial charge in [-0.15, -0.1) is 0 Å². The van der Waals surface area contributed by atoms with Crippen LogP contribution in [0, 0.1) is 5.41 Å². The van der Waals surface area contributed by atoms with Crippen LogP contribution in [0.3, 0.4) is 0 Å². The van der Waals surface area contributed by atoms with E-state index in [0.29, 0.717) is 11.5 Å². The summed E-state index contributed by atoms with van der Waals surface area (Å²) in [5, 5.41) is 3.73. The first-order valence-corrected chi connectivity index (χ1v) is 11.3. The SMILES string of the molecule is COc1cc(-c2nc3ccccn3c2NC(C)(C)CC(C)(C)C)ccc1OC(=O)c1ccco1. The van der Waals surface area contributed by atoms with Gasteiger partial charge in [0, 0.05) is 17.3 Å². The molecule has 0 aliphatic rings. The number of furan rings is 1. The molecule has 34 heavy (non-hydrogen) atoms. The van der Waals surface area contributed by atoms with Crippen molar-refractivity contribution in [1.29, 1.82) is 0 Å². The average Bonchev–Trinajstić information content (AvgIpc) is 3.41. The number of nitrogens with one attached hydrogen (secondary N) is 1. The first-order chi connectivity index (χ1) is 16.1. The molecule has 178 valence electrons. The Morgan fingerprint density at radius 2 is 1.85 bits per heavy atom. The number of methoxy groups -OCH3 is 1. The molecule has 1 aromatic carbocycles. The maximum atomic E-state index is 12.3. The molecule has 0 amide bonds. The number of fused-ring (bicyclic) bond motifs is 1. The van der Waals surface area contributed by atoms with E-state index in [2.05, 4.69) is 44.3 Å². The fourth-order valence-electron chi connectivity index (χ4n) is 4.45. The molecule has 0 saturated carbocycles. The summed E-state index contributed by atoms with van der Waals surface area (Å²) in [7, 11) is 1.54. The van der Waals surface area contributed by atoms with Crippen molar-refractivity contribution in [2.45, 2.75) is 46.6 Å². The zero-order valence-electron chi connectivity index (χ0n) is 20.5. The fraction of sp³-hybridized carbons (Fsp3) is 0.333. The molecule has 0 atom stereocenters. The second-order valence-corrected chi connectivity index (χ2v) is 10.2. The molecule has 3 aromatic heterocycles. The Morgan fingerprint density at radius 1 is 1.06 bits per heavy atom. The van der Waals surface area contributed by atoms with Gasteiger partial charge in [-0.2, -0.15) is 0 Å². The number of anilines is 1. The first kappa shape index (κ1) is 23.4. The number of esters is 1. The summed E-state index contributed by atoms with van der Waals surface area (Å²) in [5.74, 6) is 1.16. The van der Waals surface area contributed by atoms with E-state index in [0.717, 1.165) is 29.1 Å². The number of ether oxygens (including phenoxy) is 2. The normalized spacial score (nSPS) is 12.1. The van der Waals surface area contributed by atoms with Crippen LogP contribution in [0.15, 0.2) is 65.4 Å². The van der Waals surface area contributed by atoms with Crippen molar-refractivity contribution in [2.75, 3.05) is 12.4 Å². The number of carbonyl (C=O) groups is 1. The number of nitrogens with zero attached hydrogens (tertiary/aromatic N) is 2. The van der Waals surface area contributed by atoms with E-state index in [9.17, 15) is 4.79 Å². The number of aromatic nitrogens is 2. The third-order valence-electron chi connectivity index (χ3n) is 5.32. The Balaban J connectivity index is 1.73. The molecule has 0 unspecified atom stereocenters. The largest absolute Gasteiger partial charge is 0.493 e. The van der Waals surface area contributed by atoms with Gasteiger partial charge in [0.05, 0.1) is 13.4 Å². The fourth-order valence-corrected chi connectivity index (χ4v) is 4.45. The quantitative estimate of drug-likeness (QED) is 0.252. The number of imidazole rings is 1.